The van der Waals surface area contributed by atoms with E-state index in [9.17, 15) is 5.11 Å². The van der Waals surface area contributed by atoms with E-state index in [0.717, 1.165) is 5.56 Å². The molecule has 0 bridgehead atoms. The number of aryl methyl sites for hydroxylation is 1. The Labute approximate surface area is 94.3 Å². The van der Waals surface area contributed by atoms with Crippen LogP contribution in [-0.4, -0.2) is 30.0 Å². The van der Waals surface area contributed by atoms with E-state index >= 15 is 0 Å². The van der Waals surface area contributed by atoms with Crippen LogP contribution in [0.1, 0.15) is 12.0 Å². The lowest BCUT2D eigenvalue weighted by Crippen LogP contribution is -2.12. The highest BCUT2D eigenvalue weighted by molar-refractivity contribution is 6.32. The van der Waals surface area contributed by atoms with Crippen molar-refractivity contribution in [3.8, 4) is 5.75 Å². The number of methoxy groups -OCH3 is 1. The van der Waals surface area contributed by atoms with Gasteiger partial charge in [-0.05, 0) is 30.5 Å². The quantitative estimate of drug-likeness (QED) is 0.809. The summed E-state index contributed by atoms with van der Waals surface area (Å²) in [7, 11) is 1.57. The molecule has 0 aliphatic carbocycles. The predicted molar refractivity (Wildman–Crippen MR) is 59.4 cm³/mol. The molecule has 1 aromatic rings. The Balaban J connectivity index is 2.59. The first kappa shape index (κ1) is 12.3. The van der Waals surface area contributed by atoms with Gasteiger partial charge in [-0.2, -0.15) is 0 Å². The molecule has 0 heterocycles. The van der Waals surface area contributed by atoms with Crippen molar-refractivity contribution in [2.24, 2.45) is 0 Å². The molecule has 1 unspecified atom stereocenters. The van der Waals surface area contributed by atoms with Crippen molar-refractivity contribution in [2.75, 3.05) is 13.7 Å². The molecule has 0 aliphatic heterocycles. The minimum atomic E-state index is -0.661. The van der Waals surface area contributed by atoms with Gasteiger partial charge in [-0.25, -0.2) is 0 Å². The summed E-state index contributed by atoms with van der Waals surface area (Å²) >= 11 is 5.94. The monoisotopic (exact) mass is 230 g/mol. The maximum Gasteiger partial charge on any atom is 0.137 e. The first-order chi connectivity index (χ1) is 7.17. The second-order valence-electron chi connectivity index (χ2n) is 3.34. The van der Waals surface area contributed by atoms with Crippen molar-refractivity contribution >= 4 is 11.6 Å². The highest BCUT2D eigenvalue weighted by Crippen LogP contribution is 2.25. The molecule has 0 amide bonds. The molecule has 0 saturated heterocycles. The fourth-order valence-electron chi connectivity index (χ4n) is 1.29. The largest absolute Gasteiger partial charge is 0.495 e. The van der Waals surface area contributed by atoms with Gasteiger partial charge in [-0.3, -0.25) is 0 Å². The molecule has 2 N–H and O–H groups in total. The normalized spacial score (nSPS) is 12.5. The number of benzene rings is 1. The van der Waals surface area contributed by atoms with E-state index in [1.807, 2.05) is 12.1 Å². The molecule has 84 valence electrons. The first-order valence-corrected chi connectivity index (χ1v) is 5.16. The number of halogens is 1. The van der Waals surface area contributed by atoms with Crippen LogP contribution >= 0.6 is 11.6 Å². The van der Waals surface area contributed by atoms with Crippen molar-refractivity contribution in [1.29, 1.82) is 0 Å². The molecular weight excluding hydrogens is 216 g/mol. The maximum atomic E-state index is 9.18. The third-order valence-electron chi connectivity index (χ3n) is 2.19. The Morgan fingerprint density at radius 1 is 1.47 bits per heavy atom. The summed E-state index contributed by atoms with van der Waals surface area (Å²) in [4.78, 5) is 0. The molecule has 0 aromatic heterocycles. The minimum absolute atomic E-state index is 0.204. The van der Waals surface area contributed by atoms with Gasteiger partial charge >= 0.3 is 0 Å². The zero-order valence-electron chi connectivity index (χ0n) is 8.61. The van der Waals surface area contributed by atoms with Crippen LogP contribution in [-0.2, 0) is 6.42 Å². The summed E-state index contributed by atoms with van der Waals surface area (Å²) < 4.78 is 5.03. The van der Waals surface area contributed by atoms with Gasteiger partial charge in [0.1, 0.15) is 5.75 Å². The number of aliphatic hydroxyl groups excluding tert-OH is 2. The Kier molecular flexibility index (Phi) is 4.88. The van der Waals surface area contributed by atoms with E-state index in [0.29, 0.717) is 23.6 Å². The summed E-state index contributed by atoms with van der Waals surface area (Å²) in [5, 5.41) is 18.4. The zero-order chi connectivity index (χ0) is 11.3. The van der Waals surface area contributed by atoms with Crippen LogP contribution in [0.25, 0.3) is 0 Å². The van der Waals surface area contributed by atoms with Gasteiger partial charge in [-0.1, -0.05) is 17.7 Å². The van der Waals surface area contributed by atoms with Crippen LogP contribution in [0.5, 0.6) is 5.75 Å². The molecular formula is C11H15ClO3. The highest BCUT2D eigenvalue weighted by atomic mass is 35.5. The summed E-state index contributed by atoms with van der Waals surface area (Å²) in [5.41, 5.74) is 1.02. The number of aliphatic hydroxyl groups is 2. The molecule has 1 atom stereocenters. The van der Waals surface area contributed by atoms with Gasteiger partial charge in [0, 0.05) is 0 Å². The van der Waals surface area contributed by atoms with E-state index in [2.05, 4.69) is 0 Å². The van der Waals surface area contributed by atoms with Gasteiger partial charge in [0.25, 0.3) is 0 Å². The Morgan fingerprint density at radius 2 is 2.20 bits per heavy atom. The molecule has 1 aromatic carbocycles. The molecule has 0 radical (unpaired) electrons. The molecule has 1 rings (SSSR count). The van der Waals surface area contributed by atoms with Gasteiger partial charge in [-0.15, -0.1) is 0 Å². The summed E-state index contributed by atoms with van der Waals surface area (Å²) in [5.74, 6) is 0.642. The number of rotatable bonds is 5. The van der Waals surface area contributed by atoms with Crippen molar-refractivity contribution < 1.29 is 14.9 Å². The van der Waals surface area contributed by atoms with Crippen molar-refractivity contribution in [2.45, 2.75) is 18.9 Å². The van der Waals surface area contributed by atoms with Gasteiger partial charge < -0.3 is 14.9 Å². The summed E-state index contributed by atoms with van der Waals surface area (Å²) in [6.45, 7) is -0.204. The Morgan fingerprint density at radius 3 is 2.73 bits per heavy atom. The second-order valence-corrected chi connectivity index (χ2v) is 3.75. The smallest absolute Gasteiger partial charge is 0.137 e. The molecule has 15 heavy (non-hydrogen) atoms. The standard InChI is InChI=1S/C11H15ClO3/c1-15-11-5-3-8(6-10(11)12)2-4-9(14)7-13/h3,5-6,9,13-14H,2,4,7H2,1H3. The van der Waals surface area contributed by atoms with E-state index in [4.69, 9.17) is 21.4 Å². The second kappa shape index (κ2) is 5.95. The van der Waals surface area contributed by atoms with E-state index < -0.39 is 6.10 Å². The number of ether oxygens (including phenoxy) is 1. The fourth-order valence-corrected chi connectivity index (χ4v) is 1.57. The van der Waals surface area contributed by atoms with Crippen molar-refractivity contribution in [1.82, 2.24) is 0 Å². The average Bonchev–Trinajstić information content (AvgIpc) is 2.26. The average molecular weight is 231 g/mol. The van der Waals surface area contributed by atoms with Crippen molar-refractivity contribution in [3.05, 3.63) is 28.8 Å². The van der Waals surface area contributed by atoms with E-state index in [1.165, 1.54) is 0 Å². The maximum absolute atomic E-state index is 9.18. The van der Waals surface area contributed by atoms with Gasteiger partial charge in [0.2, 0.25) is 0 Å². The molecule has 0 aliphatic rings. The van der Waals surface area contributed by atoms with Crippen LogP contribution in [0.15, 0.2) is 18.2 Å². The number of hydrogen-bond donors (Lipinski definition) is 2. The molecule has 3 nitrogen and oxygen atoms in total. The molecule has 4 heteroatoms. The molecule has 0 saturated carbocycles. The Bertz CT molecular complexity index is 315. The van der Waals surface area contributed by atoms with Crippen LogP contribution in [0.4, 0.5) is 0 Å². The summed E-state index contributed by atoms with van der Waals surface area (Å²) in [6.07, 6.45) is 0.552. The van der Waals surface area contributed by atoms with Gasteiger partial charge in [0.15, 0.2) is 0 Å². The van der Waals surface area contributed by atoms with Crippen LogP contribution < -0.4 is 4.74 Å². The van der Waals surface area contributed by atoms with Crippen LogP contribution in [0.2, 0.25) is 5.02 Å². The predicted octanol–water partition coefficient (Wildman–Crippen LogP) is 1.63. The third kappa shape index (κ3) is 3.70. The zero-order valence-corrected chi connectivity index (χ0v) is 9.37. The third-order valence-corrected chi connectivity index (χ3v) is 2.49. The minimum Gasteiger partial charge on any atom is -0.495 e. The van der Waals surface area contributed by atoms with Gasteiger partial charge in [0.05, 0.1) is 24.8 Å². The highest BCUT2D eigenvalue weighted by Gasteiger charge is 2.05. The fraction of sp³-hybridized carbons (Fsp3) is 0.455. The molecule has 0 spiro atoms. The van der Waals surface area contributed by atoms with E-state index in [-0.39, 0.29) is 6.61 Å². The number of hydrogen-bond acceptors (Lipinski definition) is 3. The Hall–Kier alpha value is -0.770. The topological polar surface area (TPSA) is 49.7 Å². The van der Waals surface area contributed by atoms with E-state index in [1.54, 1.807) is 13.2 Å². The van der Waals surface area contributed by atoms with Crippen molar-refractivity contribution in [3.63, 3.8) is 0 Å². The van der Waals surface area contributed by atoms with Crippen LogP contribution in [0, 0.1) is 0 Å². The summed E-state index contributed by atoms with van der Waals surface area (Å²) in [6, 6.07) is 5.50. The lowest BCUT2D eigenvalue weighted by Gasteiger charge is -2.08. The molecule has 0 fully saturated rings. The lowest BCUT2D eigenvalue weighted by atomic mass is 10.1. The van der Waals surface area contributed by atoms with Crippen LogP contribution in [0.3, 0.4) is 0 Å². The SMILES string of the molecule is COc1ccc(CCC(O)CO)cc1Cl. The lowest BCUT2D eigenvalue weighted by molar-refractivity contribution is 0.0886. The first-order valence-electron chi connectivity index (χ1n) is 4.78.